The molecular weight excluding hydrogens is 302 g/mol. The van der Waals surface area contributed by atoms with Gasteiger partial charge in [0.1, 0.15) is 5.75 Å². The lowest BCUT2D eigenvalue weighted by molar-refractivity contribution is 0.145. The van der Waals surface area contributed by atoms with Gasteiger partial charge in [-0.3, -0.25) is 4.99 Å². The van der Waals surface area contributed by atoms with Crippen LogP contribution in [0.25, 0.3) is 0 Å². The molecule has 0 radical (unpaired) electrons. The fourth-order valence-corrected chi connectivity index (χ4v) is 2.28. The minimum atomic E-state index is -0.0417. The standard InChI is InChI=1S/C19H33N3O2/c1-6-20-18(21-13-8-14-24-7-2)22-15-19(3,4)16-9-11-17(23-5)12-10-16/h9-12H,6-8,13-15H2,1-5H3,(H2,20,21,22). The first-order valence-corrected chi connectivity index (χ1v) is 8.78. The number of ether oxygens (including phenoxy) is 2. The molecule has 24 heavy (non-hydrogen) atoms. The van der Waals surface area contributed by atoms with Gasteiger partial charge in [-0.2, -0.15) is 0 Å². The van der Waals surface area contributed by atoms with E-state index in [1.54, 1.807) is 7.11 Å². The van der Waals surface area contributed by atoms with Crippen LogP contribution in [-0.4, -0.2) is 45.9 Å². The molecular formula is C19H33N3O2. The zero-order valence-electron chi connectivity index (χ0n) is 15.8. The van der Waals surface area contributed by atoms with E-state index in [9.17, 15) is 0 Å². The third-order valence-electron chi connectivity index (χ3n) is 3.81. The third kappa shape index (κ3) is 7.21. The maximum absolute atomic E-state index is 5.36. The number of hydrogen-bond donors (Lipinski definition) is 2. The third-order valence-corrected chi connectivity index (χ3v) is 3.81. The Hall–Kier alpha value is -1.75. The average molecular weight is 335 g/mol. The summed E-state index contributed by atoms with van der Waals surface area (Å²) in [5, 5.41) is 6.65. The number of aliphatic imine (C=N–C) groups is 1. The lowest BCUT2D eigenvalue weighted by Gasteiger charge is -2.24. The predicted molar refractivity (Wildman–Crippen MR) is 101 cm³/mol. The number of benzene rings is 1. The van der Waals surface area contributed by atoms with Crippen LogP contribution >= 0.6 is 0 Å². The van der Waals surface area contributed by atoms with Crippen LogP contribution in [0.5, 0.6) is 5.75 Å². The van der Waals surface area contributed by atoms with Crippen LogP contribution in [0.2, 0.25) is 0 Å². The minimum Gasteiger partial charge on any atom is -0.497 e. The smallest absolute Gasteiger partial charge is 0.191 e. The molecule has 0 heterocycles. The fraction of sp³-hybridized carbons (Fsp3) is 0.632. The molecule has 1 rings (SSSR count). The van der Waals surface area contributed by atoms with Gasteiger partial charge in [0.2, 0.25) is 0 Å². The summed E-state index contributed by atoms with van der Waals surface area (Å²) in [5.41, 5.74) is 1.21. The van der Waals surface area contributed by atoms with Gasteiger partial charge in [-0.25, -0.2) is 0 Å². The highest BCUT2D eigenvalue weighted by molar-refractivity contribution is 5.79. The van der Waals surface area contributed by atoms with Crippen molar-refractivity contribution in [2.75, 3.05) is 40.0 Å². The van der Waals surface area contributed by atoms with E-state index in [-0.39, 0.29) is 5.41 Å². The molecule has 0 saturated heterocycles. The summed E-state index contributed by atoms with van der Waals surface area (Å²) < 4.78 is 10.6. The molecule has 0 fully saturated rings. The summed E-state index contributed by atoms with van der Waals surface area (Å²) in [4.78, 5) is 4.74. The summed E-state index contributed by atoms with van der Waals surface area (Å²) in [5.74, 6) is 1.73. The highest BCUT2D eigenvalue weighted by Crippen LogP contribution is 2.25. The van der Waals surface area contributed by atoms with E-state index in [0.29, 0.717) is 6.54 Å². The van der Waals surface area contributed by atoms with Gasteiger partial charge in [-0.1, -0.05) is 26.0 Å². The molecule has 5 nitrogen and oxygen atoms in total. The van der Waals surface area contributed by atoms with Crippen molar-refractivity contribution in [2.45, 2.75) is 39.5 Å². The average Bonchev–Trinajstić information content (AvgIpc) is 2.59. The second kappa shape index (κ2) is 10.9. The number of hydrogen-bond acceptors (Lipinski definition) is 3. The van der Waals surface area contributed by atoms with Crippen molar-refractivity contribution < 1.29 is 9.47 Å². The van der Waals surface area contributed by atoms with E-state index < -0.39 is 0 Å². The first-order valence-electron chi connectivity index (χ1n) is 8.78. The molecule has 1 aromatic rings. The second-order valence-corrected chi connectivity index (χ2v) is 6.28. The van der Waals surface area contributed by atoms with Gasteiger partial charge in [0.05, 0.1) is 13.7 Å². The Bertz CT molecular complexity index is 484. The van der Waals surface area contributed by atoms with E-state index >= 15 is 0 Å². The summed E-state index contributed by atoms with van der Waals surface area (Å²) in [6.07, 6.45) is 0.972. The number of rotatable bonds is 10. The maximum Gasteiger partial charge on any atom is 0.191 e. The first kappa shape index (κ1) is 20.3. The van der Waals surface area contributed by atoms with Crippen LogP contribution in [-0.2, 0) is 10.2 Å². The number of nitrogens with one attached hydrogen (secondary N) is 2. The Labute approximate surface area is 146 Å². The summed E-state index contributed by atoms with van der Waals surface area (Å²) in [6.45, 7) is 12.5. The predicted octanol–water partition coefficient (Wildman–Crippen LogP) is 2.95. The van der Waals surface area contributed by atoms with Crippen molar-refractivity contribution in [3.63, 3.8) is 0 Å². The Morgan fingerprint density at radius 1 is 1.12 bits per heavy atom. The van der Waals surface area contributed by atoms with Crippen molar-refractivity contribution in [2.24, 2.45) is 4.99 Å². The van der Waals surface area contributed by atoms with Crippen molar-refractivity contribution in [1.82, 2.24) is 10.6 Å². The van der Waals surface area contributed by atoms with Crippen molar-refractivity contribution >= 4 is 5.96 Å². The molecule has 0 amide bonds. The topological polar surface area (TPSA) is 54.9 Å². The second-order valence-electron chi connectivity index (χ2n) is 6.28. The lowest BCUT2D eigenvalue weighted by atomic mass is 9.85. The molecule has 5 heteroatoms. The van der Waals surface area contributed by atoms with Crippen molar-refractivity contribution in [1.29, 1.82) is 0 Å². The maximum atomic E-state index is 5.36. The van der Waals surface area contributed by atoms with Crippen LogP contribution in [0, 0.1) is 0 Å². The highest BCUT2D eigenvalue weighted by Gasteiger charge is 2.20. The van der Waals surface area contributed by atoms with Gasteiger partial charge >= 0.3 is 0 Å². The lowest BCUT2D eigenvalue weighted by Crippen LogP contribution is -2.39. The molecule has 2 N–H and O–H groups in total. The van der Waals surface area contributed by atoms with Gasteiger partial charge < -0.3 is 20.1 Å². The summed E-state index contributed by atoms with van der Waals surface area (Å²) in [6, 6.07) is 8.21. The Kier molecular flexibility index (Phi) is 9.23. The molecule has 0 aromatic heterocycles. The van der Waals surface area contributed by atoms with E-state index in [0.717, 1.165) is 44.4 Å². The van der Waals surface area contributed by atoms with Crippen LogP contribution in [0.15, 0.2) is 29.3 Å². The SMILES string of the molecule is CCNC(=NCC(C)(C)c1ccc(OC)cc1)NCCCOCC. The van der Waals surface area contributed by atoms with E-state index in [2.05, 4.69) is 43.5 Å². The molecule has 136 valence electrons. The Balaban J connectivity index is 2.61. The Morgan fingerprint density at radius 2 is 1.83 bits per heavy atom. The van der Waals surface area contributed by atoms with Crippen molar-refractivity contribution in [3.8, 4) is 5.75 Å². The van der Waals surface area contributed by atoms with Crippen LogP contribution in [0.4, 0.5) is 0 Å². The van der Waals surface area contributed by atoms with E-state index in [1.807, 2.05) is 19.1 Å². The van der Waals surface area contributed by atoms with Gasteiger partial charge in [0, 0.05) is 31.7 Å². The summed E-state index contributed by atoms with van der Waals surface area (Å²) in [7, 11) is 1.68. The number of guanidine groups is 1. The zero-order chi connectivity index (χ0) is 17.8. The van der Waals surface area contributed by atoms with Gasteiger partial charge in [0.25, 0.3) is 0 Å². The van der Waals surface area contributed by atoms with Gasteiger partial charge in [0.15, 0.2) is 5.96 Å². The van der Waals surface area contributed by atoms with Gasteiger partial charge in [-0.05, 0) is 38.0 Å². The van der Waals surface area contributed by atoms with Crippen LogP contribution in [0.1, 0.15) is 39.7 Å². The monoisotopic (exact) mass is 335 g/mol. The molecule has 0 unspecified atom stereocenters. The first-order chi connectivity index (χ1) is 11.5. The molecule has 0 spiro atoms. The molecule has 0 aliphatic carbocycles. The fourth-order valence-electron chi connectivity index (χ4n) is 2.28. The Morgan fingerprint density at radius 3 is 2.42 bits per heavy atom. The van der Waals surface area contributed by atoms with E-state index in [4.69, 9.17) is 14.5 Å². The number of nitrogens with zero attached hydrogens (tertiary/aromatic N) is 1. The summed E-state index contributed by atoms with van der Waals surface area (Å²) >= 11 is 0. The molecule has 0 saturated carbocycles. The molecule has 1 aromatic carbocycles. The largest absolute Gasteiger partial charge is 0.497 e. The molecule has 0 aliphatic rings. The number of methoxy groups -OCH3 is 1. The highest BCUT2D eigenvalue weighted by atomic mass is 16.5. The van der Waals surface area contributed by atoms with E-state index in [1.165, 1.54) is 5.56 Å². The van der Waals surface area contributed by atoms with Crippen LogP contribution < -0.4 is 15.4 Å². The quantitative estimate of drug-likeness (QED) is 0.392. The molecule has 0 atom stereocenters. The van der Waals surface area contributed by atoms with Crippen molar-refractivity contribution in [3.05, 3.63) is 29.8 Å². The van der Waals surface area contributed by atoms with Crippen LogP contribution in [0.3, 0.4) is 0 Å². The molecule has 0 aliphatic heterocycles. The van der Waals surface area contributed by atoms with Gasteiger partial charge in [-0.15, -0.1) is 0 Å². The minimum absolute atomic E-state index is 0.0417. The normalized spacial score (nSPS) is 12.1. The zero-order valence-corrected chi connectivity index (χ0v) is 15.8. The molecule has 0 bridgehead atoms.